The van der Waals surface area contributed by atoms with Gasteiger partial charge < -0.3 is 14.7 Å². The number of benzene rings is 1. The van der Waals surface area contributed by atoms with Crippen molar-refractivity contribution in [2.45, 2.75) is 11.8 Å². The van der Waals surface area contributed by atoms with Crippen LogP contribution < -0.4 is 0 Å². The van der Waals surface area contributed by atoms with E-state index in [0.29, 0.717) is 18.5 Å². The van der Waals surface area contributed by atoms with Gasteiger partial charge in [-0.05, 0) is 12.1 Å². The summed E-state index contributed by atoms with van der Waals surface area (Å²) in [6.07, 6.45) is 0.573. The molecule has 1 aromatic carbocycles. The van der Waals surface area contributed by atoms with Crippen LogP contribution in [-0.2, 0) is 9.53 Å². The number of rotatable bonds is 4. The third-order valence-electron chi connectivity index (χ3n) is 4.93. The van der Waals surface area contributed by atoms with Gasteiger partial charge in [-0.25, -0.2) is 4.98 Å². The maximum Gasteiger partial charge on any atom is 0.224 e. The molecule has 2 aromatic rings. The molecule has 6 nitrogen and oxygen atoms in total. The molecule has 2 saturated heterocycles. The molecule has 1 aromatic heterocycles. The minimum Gasteiger partial charge on any atom is -0.506 e. The van der Waals surface area contributed by atoms with Gasteiger partial charge in [0.1, 0.15) is 16.6 Å². The van der Waals surface area contributed by atoms with Crippen molar-refractivity contribution in [3.05, 3.63) is 36.0 Å². The summed E-state index contributed by atoms with van der Waals surface area (Å²) in [5.74, 6) is 1.16. The van der Waals surface area contributed by atoms with E-state index in [1.165, 1.54) is 0 Å². The van der Waals surface area contributed by atoms with Crippen molar-refractivity contribution < 1.29 is 14.6 Å². The molecule has 3 heterocycles. The topological polar surface area (TPSA) is 65.9 Å². The van der Waals surface area contributed by atoms with Gasteiger partial charge in [-0.3, -0.25) is 9.69 Å². The Hall–Kier alpha value is -1.83. The summed E-state index contributed by atoms with van der Waals surface area (Å²) >= 11 is 1.75. The molecule has 4 rings (SSSR count). The Labute approximate surface area is 157 Å². The third-order valence-corrected chi connectivity index (χ3v) is 6.18. The van der Waals surface area contributed by atoms with Gasteiger partial charge in [0, 0.05) is 43.7 Å². The molecule has 2 fully saturated rings. The third kappa shape index (κ3) is 3.65. The van der Waals surface area contributed by atoms with Gasteiger partial charge >= 0.3 is 0 Å². The van der Waals surface area contributed by atoms with Crippen LogP contribution in [0.1, 0.15) is 17.5 Å². The highest BCUT2D eigenvalue weighted by atomic mass is 32.2. The van der Waals surface area contributed by atoms with E-state index in [4.69, 9.17) is 4.74 Å². The first kappa shape index (κ1) is 17.6. The number of nitrogens with zero attached hydrogens (tertiary/aromatic N) is 3. The van der Waals surface area contributed by atoms with Gasteiger partial charge in [0.25, 0.3) is 0 Å². The number of fused-ring (bicyclic) bond motifs is 1. The number of morpholine rings is 1. The summed E-state index contributed by atoms with van der Waals surface area (Å²) in [6.45, 7) is 4.90. The average molecular weight is 373 g/mol. The Morgan fingerprint density at radius 2 is 2.04 bits per heavy atom. The molecule has 0 bridgehead atoms. The number of hydrogen-bond donors (Lipinski definition) is 1. The normalized spacial score (nSPS) is 22.1. The quantitative estimate of drug-likeness (QED) is 0.887. The smallest absolute Gasteiger partial charge is 0.224 e. The molecule has 26 heavy (non-hydrogen) atoms. The van der Waals surface area contributed by atoms with Crippen LogP contribution in [0.15, 0.2) is 30.3 Å². The van der Waals surface area contributed by atoms with E-state index in [1.807, 2.05) is 29.2 Å². The second-order valence-corrected chi connectivity index (χ2v) is 7.79. The van der Waals surface area contributed by atoms with Crippen molar-refractivity contribution >= 4 is 28.6 Å². The number of hydrogen-bond acceptors (Lipinski definition) is 6. The van der Waals surface area contributed by atoms with Gasteiger partial charge in [0.2, 0.25) is 5.91 Å². The number of phenols is 1. The van der Waals surface area contributed by atoms with Crippen molar-refractivity contribution in [1.82, 2.24) is 14.8 Å². The minimum absolute atomic E-state index is 0.0960. The van der Waals surface area contributed by atoms with E-state index in [1.54, 1.807) is 17.8 Å². The Morgan fingerprint density at radius 1 is 1.19 bits per heavy atom. The summed E-state index contributed by atoms with van der Waals surface area (Å²) in [7, 11) is 0. The van der Waals surface area contributed by atoms with Crippen LogP contribution in [0.5, 0.6) is 5.75 Å². The van der Waals surface area contributed by atoms with Crippen molar-refractivity contribution in [2.24, 2.45) is 0 Å². The van der Waals surface area contributed by atoms with Gasteiger partial charge in [-0.2, -0.15) is 0 Å². The summed E-state index contributed by atoms with van der Waals surface area (Å²) in [5, 5.41) is 10.9. The van der Waals surface area contributed by atoms with Gasteiger partial charge in [0.05, 0.1) is 18.9 Å². The Kier molecular flexibility index (Phi) is 5.28. The maximum atomic E-state index is 12.6. The van der Waals surface area contributed by atoms with E-state index in [2.05, 4.69) is 9.88 Å². The van der Waals surface area contributed by atoms with E-state index in [0.717, 1.165) is 49.7 Å². The molecule has 1 atom stereocenters. The van der Waals surface area contributed by atoms with Crippen LogP contribution in [0, 0.1) is 0 Å². The fourth-order valence-corrected chi connectivity index (χ4v) is 4.69. The molecule has 138 valence electrons. The molecule has 0 spiro atoms. The summed E-state index contributed by atoms with van der Waals surface area (Å²) < 4.78 is 5.40. The average Bonchev–Trinajstić information content (AvgIpc) is 2.68. The number of aromatic hydroxyl groups is 1. The highest BCUT2D eigenvalue weighted by Gasteiger charge is 2.31. The number of phenolic OH excluding ortho intramolecular Hbond substituents is 1. The molecule has 0 radical (unpaired) electrons. The monoisotopic (exact) mass is 373 g/mol. The number of carbonyl (C=O) groups is 1. The summed E-state index contributed by atoms with van der Waals surface area (Å²) in [4.78, 5) is 21.5. The predicted octanol–water partition coefficient (Wildman–Crippen LogP) is 2.24. The number of thioether (sulfide) groups is 1. The SMILES string of the molecule is O=C1CCSC(c2ccc3cccc(O)c3n2)N1CCN1CCOCC1. The first-order chi connectivity index (χ1) is 12.7. The highest BCUT2D eigenvalue weighted by molar-refractivity contribution is 7.99. The van der Waals surface area contributed by atoms with Crippen molar-refractivity contribution in [1.29, 1.82) is 0 Å². The van der Waals surface area contributed by atoms with Crippen LogP contribution in [0.4, 0.5) is 0 Å². The van der Waals surface area contributed by atoms with Crippen LogP contribution in [0.3, 0.4) is 0 Å². The van der Waals surface area contributed by atoms with Crippen molar-refractivity contribution in [2.75, 3.05) is 45.1 Å². The lowest BCUT2D eigenvalue weighted by molar-refractivity contribution is -0.132. The van der Waals surface area contributed by atoms with E-state index >= 15 is 0 Å². The highest BCUT2D eigenvalue weighted by Crippen LogP contribution is 2.37. The minimum atomic E-state index is -0.0960. The molecule has 1 N–H and O–H groups in total. The molecular formula is C19H23N3O3S. The number of ether oxygens (including phenoxy) is 1. The van der Waals surface area contributed by atoms with Gasteiger partial charge in [0.15, 0.2) is 0 Å². The molecule has 0 aliphatic carbocycles. The maximum absolute atomic E-state index is 12.6. The largest absolute Gasteiger partial charge is 0.506 e. The van der Waals surface area contributed by atoms with Crippen LogP contribution in [-0.4, -0.2) is 70.9 Å². The number of carbonyl (C=O) groups excluding carboxylic acids is 1. The number of pyridine rings is 1. The molecule has 2 aliphatic rings. The fraction of sp³-hybridized carbons (Fsp3) is 0.474. The van der Waals surface area contributed by atoms with Crippen LogP contribution in [0.2, 0.25) is 0 Å². The van der Waals surface area contributed by atoms with Crippen molar-refractivity contribution in [3.63, 3.8) is 0 Å². The lowest BCUT2D eigenvalue weighted by atomic mass is 10.2. The van der Waals surface area contributed by atoms with Crippen LogP contribution >= 0.6 is 11.8 Å². The Bertz CT molecular complexity index is 795. The Morgan fingerprint density at radius 3 is 2.88 bits per heavy atom. The number of para-hydroxylation sites is 1. The first-order valence-corrected chi connectivity index (χ1v) is 10.1. The zero-order chi connectivity index (χ0) is 17.9. The molecular weight excluding hydrogens is 350 g/mol. The first-order valence-electron chi connectivity index (χ1n) is 9.02. The Balaban J connectivity index is 1.56. The summed E-state index contributed by atoms with van der Waals surface area (Å²) in [6, 6.07) is 9.33. The molecule has 7 heteroatoms. The van der Waals surface area contributed by atoms with Crippen LogP contribution in [0.25, 0.3) is 10.9 Å². The van der Waals surface area contributed by atoms with Gasteiger partial charge in [-0.1, -0.05) is 18.2 Å². The standard InChI is InChI=1S/C19H23N3O3S/c23-16-3-1-2-14-4-5-15(20-18(14)16)19-22(17(24)6-13-26-19)8-7-21-9-11-25-12-10-21/h1-5,19,23H,6-13H2. The summed E-state index contributed by atoms with van der Waals surface area (Å²) in [5.41, 5.74) is 1.43. The molecule has 0 saturated carbocycles. The fourth-order valence-electron chi connectivity index (χ4n) is 3.47. The lowest BCUT2D eigenvalue weighted by Gasteiger charge is -2.37. The number of aromatic nitrogens is 1. The molecule has 1 unspecified atom stereocenters. The van der Waals surface area contributed by atoms with Crippen molar-refractivity contribution in [3.8, 4) is 5.75 Å². The second-order valence-electron chi connectivity index (χ2n) is 6.60. The van der Waals surface area contributed by atoms with E-state index in [9.17, 15) is 9.90 Å². The second kappa shape index (κ2) is 7.82. The van der Waals surface area contributed by atoms with E-state index < -0.39 is 0 Å². The molecule has 1 amide bonds. The van der Waals surface area contributed by atoms with Gasteiger partial charge in [-0.15, -0.1) is 11.8 Å². The number of amides is 1. The zero-order valence-electron chi connectivity index (χ0n) is 14.6. The molecule has 2 aliphatic heterocycles. The van der Waals surface area contributed by atoms with E-state index in [-0.39, 0.29) is 17.0 Å². The zero-order valence-corrected chi connectivity index (χ0v) is 15.5. The lowest BCUT2D eigenvalue weighted by Crippen LogP contribution is -2.45. The predicted molar refractivity (Wildman–Crippen MR) is 102 cm³/mol.